The zero-order valence-corrected chi connectivity index (χ0v) is 25.2. The molecular formula is C32H41N3O5S. The highest BCUT2D eigenvalue weighted by molar-refractivity contribution is 7.92. The molecule has 0 radical (unpaired) electrons. The van der Waals surface area contributed by atoms with E-state index in [0.29, 0.717) is 18.9 Å². The molecule has 3 aromatic rings. The first-order valence-electron chi connectivity index (χ1n) is 14.0. The number of anilines is 1. The highest BCUT2D eigenvalue weighted by Gasteiger charge is 2.33. The molecule has 0 aliphatic carbocycles. The zero-order chi connectivity index (χ0) is 29.8. The van der Waals surface area contributed by atoms with Gasteiger partial charge in [0.2, 0.25) is 21.8 Å². The maximum absolute atomic E-state index is 14.2. The first kappa shape index (κ1) is 31.7. The lowest BCUT2D eigenvalue weighted by Gasteiger charge is -2.34. The van der Waals surface area contributed by atoms with Crippen molar-refractivity contribution >= 4 is 27.5 Å². The highest BCUT2D eigenvalue weighted by atomic mass is 32.2. The van der Waals surface area contributed by atoms with Crippen LogP contribution in [0.3, 0.4) is 0 Å². The van der Waals surface area contributed by atoms with Crippen LogP contribution in [0.25, 0.3) is 0 Å². The zero-order valence-electron chi connectivity index (χ0n) is 24.4. The second-order valence-corrected chi connectivity index (χ2v) is 11.9. The van der Waals surface area contributed by atoms with Crippen molar-refractivity contribution in [2.24, 2.45) is 0 Å². The summed E-state index contributed by atoms with van der Waals surface area (Å²) in [6, 6.07) is 23.1. The summed E-state index contributed by atoms with van der Waals surface area (Å²) in [6.07, 6.45) is 3.07. The van der Waals surface area contributed by atoms with Crippen LogP contribution in [0.1, 0.15) is 43.4 Å². The van der Waals surface area contributed by atoms with Crippen molar-refractivity contribution in [2.75, 3.05) is 30.3 Å². The SMILES string of the molecule is CCCCNC(=O)[C@H](Cc1ccccc1)N(Cc1cccc(C)c1)C(=O)CN(c1ccccc1OCC)S(C)(=O)=O. The van der Waals surface area contributed by atoms with Crippen molar-refractivity contribution in [3.8, 4) is 5.75 Å². The van der Waals surface area contributed by atoms with Gasteiger partial charge in [0, 0.05) is 19.5 Å². The molecule has 3 rings (SSSR count). The summed E-state index contributed by atoms with van der Waals surface area (Å²) in [5.74, 6) is -0.407. The number of hydrogen-bond donors (Lipinski definition) is 1. The summed E-state index contributed by atoms with van der Waals surface area (Å²) in [7, 11) is -3.88. The summed E-state index contributed by atoms with van der Waals surface area (Å²) in [5, 5.41) is 2.99. The number of aryl methyl sites for hydroxylation is 1. The van der Waals surface area contributed by atoms with Gasteiger partial charge in [-0.25, -0.2) is 8.42 Å². The van der Waals surface area contributed by atoms with Gasteiger partial charge in [0.25, 0.3) is 0 Å². The predicted molar refractivity (Wildman–Crippen MR) is 163 cm³/mol. The molecular weight excluding hydrogens is 538 g/mol. The van der Waals surface area contributed by atoms with E-state index in [1.165, 1.54) is 4.90 Å². The first-order valence-corrected chi connectivity index (χ1v) is 15.8. The number of benzene rings is 3. The fraction of sp³-hybridized carbons (Fsp3) is 0.375. The Balaban J connectivity index is 2.06. The maximum atomic E-state index is 14.2. The summed E-state index contributed by atoms with van der Waals surface area (Å²) in [5.41, 5.74) is 3.03. The van der Waals surface area contributed by atoms with Crippen molar-refractivity contribution < 1.29 is 22.7 Å². The van der Waals surface area contributed by atoms with Crippen LogP contribution in [0.15, 0.2) is 78.9 Å². The molecule has 2 amide bonds. The number of ether oxygens (including phenoxy) is 1. The Morgan fingerprint density at radius 2 is 1.61 bits per heavy atom. The molecule has 1 atom stereocenters. The van der Waals surface area contributed by atoms with E-state index in [2.05, 4.69) is 5.32 Å². The Hall–Kier alpha value is -3.85. The molecule has 0 saturated heterocycles. The minimum absolute atomic E-state index is 0.143. The van der Waals surface area contributed by atoms with Crippen LogP contribution in [0.4, 0.5) is 5.69 Å². The van der Waals surface area contributed by atoms with Gasteiger partial charge in [-0.15, -0.1) is 0 Å². The number of carbonyl (C=O) groups is 2. The summed E-state index contributed by atoms with van der Waals surface area (Å²) < 4.78 is 32.8. The smallest absolute Gasteiger partial charge is 0.244 e. The first-order chi connectivity index (χ1) is 19.6. The van der Waals surface area contributed by atoms with Crippen LogP contribution >= 0.6 is 0 Å². The van der Waals surface area contributed by atoms with Crippen LogP contribution < -0.4 is 14.4 Å². The fourth-order valence-corrected chi connectivity index (χ4v) is 5.46. The van der Waals surface area contributed by atoms with E-state index in [9.17, 15) is 18.0 Å². The number of nitrogens with one attached hydrogen (secondary N) is 1. The van der Waals surface area contributed by atoms with Gasteiger partial charge in [0.15, 0.2) is 0 Å². The standard InChI is InChI=1S/C32H41N3O5S/c1-5-7-20-33-32(37)29(22-26-15-9-8-10-16-26)34(23-27-17-13-14-25(3)21-27)31(36)24-35(41(4,38)39)28-18-11-12-19-30(28)40-6-2/h8-19,21,29H,5-7,20,22-24H2,1-4H3,(H,33,37)/t29-/m0/s1. The maximum Gasteiger partial charge on any atom is 0.244 e. The summed E-state index contributed by atoms with van der Waals surface area (Å²) in [6.45, 7) is 6.29. The Kier molecular flexibility index (Phi) is 11.8. The number of rotatable bonds is 15. The second-order valence-electron chi connectivity index (χ2n) is 10.0. The van der Waals surface area contributed by atoms with E-state index in [4.69, 9.17) is 4.74 Å². The molecule has 0 aromatic heterocycles. The molecule has 0 aliphatic rings. The number of unbranched alkanes of at least 4 members (excludes halogenated alkanes) is 1. The van der Waals surface area contributed by atoms with Crippen LogP contribution in [-0.2, 0) is 32.6 Å². The summed E-state index contributed by atoms with van der Waals surface area (Å²) >= 11 is 0. The molecule has 0 bridgehead atoms. The highest BCUT2D eigenvalue weighted by Crippen LogP contribution is 2.30. The molecule has 0 spiro atoms. The van der Waals surface area contributed by atoms with Gasteiger partial charge in [0.1, 0.15) is 18.3 Å². The Bertz CT molecular complexity index is 1400. The second kappa shape index (κ2) is 15.2. The van der Waals surface area contributed by atoms with Crippen molar-refractivity contribution in [3.63, 3.8) is 0 Å². The predicted octanol–water partition coefficient (Wildman–Crippen LogP) is 4.72. The normalized spacial score (nSPS) is 11.9. The third-order valence-electron chi connectivity index (χ3n) is 6.65. The monoisotopic (exact) mass is 579 g/mol. The molecule has 0 fully saturated rings. The van der Waals surface area contributed by atoms with E-state index in [0.717, 1.165) is 40.1 Å². The molecule has 0 unspecified atom stereocenters. The van der Waals surface area contributed by atoms with Gasteiger partial charge in [-0.1, -0.05) is 85.6 Å². The van der Waals surface area contributed by atoms with Crippen molar-refractivity contribution in [2.45, 2.75) is 52.6 Å². The van der Waals surface area contributed by atoms with Crippen molar-refractivity contribution in [1.29, 1.82) is 0 Å². The van der Waals surface area contributed by atoms with E-state index < -0.39 is 28.5 Å². The average molecular weight is 580 g/mol. The van der Waals surface area contributed by atoms with Crippen LogP contribution in [0, 0.1) is 6.92 Å². The molecule has 3 aromatic carbocycles. The molecule has 8 nitrogen and oxygen atoms in total. The number of carbonyl (C=O) groups excluding carboxylic acids is 2. The molecule has 220 valence electrons. The van der Waals surface area contributed by atoms with Crippen LogP contribution in [0.2, 0.25) is 0 Å². The van der Waals surface area contributed by atoms with E-state index >= 15 is 0 Å². The Morgan fingerprint density at radius 3 is 2.27 bits per heavy atom. The topological polar surface area (TPSA) is 96.0 Å². The molecule has 41 heavy (non-hydrogen) atoms. The van der Waals surface area contributed by atoms with E-state index in [-0.39, 0.29) is 24.6 Å². The Morgan fingerprint density at radius 1 is 0.927 bits per heavy atom. The number of sulfonamides is 1. The lowest BCUT2D eigenvalue weighted by atomic mass is 10.0. The number of nitrogens with zero attached hydrogens (tertiary/aromatic N) is 2. The quantitative estimate of drug-likeness (QED) is 0.263. The average Bonchev–Trinajstić information content (AvgIpc) is 2.94. The molecule has 0 heterocycles. The molecule has 9 heteroatoms. The Labute approximate surface area is 244 Å². The molecule has 0 aliphatic heterocycles. The fourth-order valence-electron chi connectivity index (χ4n) is 4.60. The number of amides is 2. The van der Waals surface area contributed by atoms with Gasteiger partial charge in [-0.05, 0) is 43.5 Å². The molecule has 1 N–H and O–H groups in total. The van der Waals surface area contributed by atoms with Gasteiger partial charge in [0.05, 0.1) is 18.6 Å². The van der Waals surface area contributed by atoms with E-state index in [1.54, 1.807) is 24.3 Å². The minimum atomic E-state index is -3.88. The van der Waals surface area contributed by atoms with Gasteiger partial charge < -0.3 is 15.0 Å². The van der Waals surface area contributed by atoms with Gasteiger partial charge in [-0.2, -0.15) is 0 Å². The molecule has 0 saturated carbocycles. The third kappa shape index (κ3) is 9.35. The van der Waals surface area contributed by atoms with Gasteiger partial charge in [-0.3, -0.25) is 13.9 Å². The number of para-hydroxylation sites is 2. The van der Waals surface area contributed by atoms with Gasteiger partial charge >= 0.3 is 0 Å². The lowest BCUT2D eigenvalue weighted by Crippen LogP contribution is -2.53. The van der Waals surface area contributed by atoms with Crippen LogP contribution in [0.5, 0.6) is 5.75 Å². The number of hydrogen-bond acceptors (Lipinski definition) is 5. The van der Waals surface area contributed by atoms with Crippen LogP contribution in [-0.4, -0.2) is 57.1 Å². The van der Waals surface area contributed by atoms with E-state index in [1.807, 2.05) is 75.4 Å². The third-order valence-corrected chi connectivity index (χ3v) is 7.78. The van der Waals surface area contributed by atoms with Crippen molar-refractivity contribution in [1.82, 2.24) is 10.2 Å². The largest absolute Gasteiger partial charge is 0.492 e. The van der Waals surface area contributed by atoms with Crippen molar-refractivity contribution in [3.05, 3.63) is 95.6 Å². The summed E-state index contributed by atoms with van der Waals surface area (Å²) in [4.78, 5) is 29.4. The lowest BCUT2D eigenvalue weighted by molar-refractivity contribution is -0.140. The minimum Gasteiger partial charge on any atom is -0.492 e.